The number of ether oxygens (including phenoxy) is 1. The molecule has 1 aliphatic heterocycles. The van der Waals surface area contributed by atoms with Gasteiger partial charge in [0.2, 0.25) is 10.0 Å². The van der Waals surface area contributed by atoms with Gasteiger partial charge in [-0.1, -0.05) is 13.3 Å². The van der Waals surface area contributed by atoms with E-state index in [0.29, 0.717) is 13.1 Å². The summed E-state index contributed by atoms with van der Waals surface area (Å²) in [6, 6.07) is 5.64. The Morgan fingerprint density at radius 1 is 1.15 bits per heavy atom. The second-order valence-corrected chi connectivity index (χ2v) is 8.38. The quantitative estimate of drug-likeness (QED) is 0.728. The van der Waals surface area contributed by atoms with E-state index < -0.39 is 16.0 Å². The topological polar surface area (TPSA) is 92.8 Å². The lowest BCUT2D eigenvalue weighted by molar-refractivity contribution is -0.124. The Morgan fingerprint density at radius 3 is 2.35 bits per heavy atom. The molecule has 1 aliphatic rings. The van der Waals surface area contributed by atoms with Crippen molar-refractivity contribution in [2.75, 3.05) is 19.7 Å². The lowest BCUT2D eigenvalue weighted by atomic mass is 10.2. The number of esters is 1. The second kappa shape index (κ2) is 9.14. The molecule has 0 radical (unpaired) electrons. The van der Waals surface area contributed by atoms with Gasteiger partial charge in [0, 0.05) is 19.1 Å². The molecule has 1 amide bonds. The zero-order valence-electron chi connectivity index (χ0n) is 15.2. The molecule has 26 heavy (non-hydrogen) atoms. The molecule has 0 aliphatic carbocycles. The van der Waals surface area contributed by atoms with Gasteiger partial charge in [0.1, 0.15) is 0 Å². The van der Waals surface area contributed by atoms with E-state index in [1.54, 1.807) is 0 Å². The Morgan fingerprint density at radius 2 is 1.77 bits per heavy atom. The molecular weight excluding hydrogens is 356 g/mol. The zero-order chi connectivity index (χ0) is 19.2. The highest BCUT2D eigenvalue weighted by Crippen LogP contribution is 2.21. The van der Waals surface area contributed by atoms with Crippen LogP contribution in [0.5, 0.6) is 0 Å². The Hall–Kier alpha value is -1.93. The third-order valence-electron chi connectivity index (χ3n) is 4.40. The van der Waals surface area contributed by atoms with E-state index in [1.807, 2.05) is 13.8 Å². The van der Waals surface area contributed by atoms with E-state index in [1.165, 1.54) is 28.6 Å². The number of amides is 1. The largest absolute Gasteiger partial charge is 0.452 e. The number of rotatable bonds is 7. The zero-order valence-corrected chi connectivity index (χ0v) is 16.0. The van der Waals surface area contributed by atoms with E-state index >= 15 is 0 Å². The molecule has 1 atom stereocenters. The molecule has 0 unspecified atom stereocenters. The van der Waals surface area contributed by atoms with Gasteiger partial charge < -0.3 is 10.1 Å². The van der Waals surface area contributed by atoms with Gasteiger partial charge in [-0.25, -0.2) is 13.2 Å². The molecule has 1 N–H and O–H groups in total. The minimum absolute atomic E-state index is 0.0143. The highest BCUT2D eigenvalue weighted by Gasteiger charge is 2.26. The summed E-state index contributed by atoms with van der Waals surface area (Å²) in [7, 11) is -3.53. The van der Waals surface area contributed by atoms with Gasteiger partial charge in [-0.2, -0.15) is 4.31 Å². The van der Waals surface area contributed by atoms with Crippen molar-refractivity contribution < 1.29 is 22.7 Å². The molecule has 144 valence electrons. The molecule has 0 aromatic heterocycles. The maximum Gasteiger partial charge on any atom is 0.338 e. The van der Waals surface area contributed by atoms with Crippen LogP contribution < -0.4 is 5.32 Å². The minimum atomic E-state index is -3.53. The van der Waals surface area contributed by atoms with Gasteiger partial charge in [0.05, 0.1) is 10.5 Å². The molecule has 0 bridgehead atoms. The number of hydrogen-bond acceptors (Lipinski definition) is 5. The van der Waals surface area contributed by atoms with E-state index in [2.05, 4.69) is 5.32 Å². The van der Waals surface area contributed by atoms with Crippen LogP contribution in [0.1, 0.15) is 49.9 Å². The van der Waals surface area contributed by atoms with Gasteiger partial charge >= 0.3 is 5.97 Å². The van der Waals surface area contributed by atoms with E-state index in [9.17, 15) is 18.0 Å². The second-order valence-electron chi connectivity index (χ2n) is 6.44. The van der Waals surface area contributed by atoms with Gasteiger partial charge in [-0.15, -0.1) is 0 Å². The van der Waals surface area contributed by atoms with Crippen LogP contribution in [0.4, 0.5) is 0 Å². The number of carbonyl (C=O) groups is 2. The predicted molar refractivity (Wildman–Crippen MR) is 97.2 cm³/mol. The van der Waals surface area contributed by atoms with Gasteiger partial charge in [-0.05, 0) is 50.5 Å². The Bertz CT molecular complexity index is 724. The Kier molecular flexibility index (Phi) is 7.16. The van der Waals surface area contributed by atoms with Gasteiger partial charge in [0.15, 0.2) is 6.61 Å². The van der Waals surface area contributed by atoms with Crippen LogP contribution in [0.3, 0.4) is 0 Å². The van der Waals surface area contributed by atoms with Crippen molar-refractivity contribution in [2.24, 2.45) is 0 Å². The average Bonchev–Trinajstić information content (AvgIpc) is 2.66. The summed E-state index contributed by atoms with van der Waals surface area (Å²) in [6.07, 6.45) is 3.55. The molecular formula is C18H26N2O5S. The molecule has 8 heteroatoms. The van der Waals surface area contributed by atoms with E-state index in [-0.39, 0.29) is 29.0 Å². The highest BCUT2D eigenvalue weighted by molar-refractivity contribution is 7.89. The first-order valence-electron chi connectivity index (χ1n) is 8.91. The summed E-state index contributed by atoms with van der Waals surface area (Å²) in [6.45, 7) is 4.49. The van der Waals surface area contributed by atoms with Crippen LogP contribution in [-0.2, 0) is 19.6 Å². The third kappa shape index (κ3) is 5.28. The summed E-state index contributed by atoms with van der Waals surface area (Å²) < 4.78 is 31.6. The molecule has 7 nitrogen and oxygen atoms in total. The van der Waals surface area contributed by atoms with Crippen molar-refractivity contribution in [2.45, 2.75) is 50.5 Å². The fourth-order valence-corrected chi connectivity index (χ4v) is 4.17. The maximum absolute atomic E-state index is 12.6. The smallest absolute Gasteiger partial charge is 0.338 e. The van der Waals surface area contributed by atoms with Crippen LogP contribution in [0, 0.1) is 0 Å². The van der Waals surface area contributed by atoms with Crippen LogP contribution in [-0.4, -0.2) is 50.3 Å². The van der Waals surface area contributed by atoms with Crippen molar-refractivity contribution in [1.29, 1.82) is 0 Å². The van der Waals surface area contributed by atoms with Crippen molar-refractivity contribution >= 4 is 21.9 Å². The first-order valence-corrected chi connectivity index (χ1v) is 10.3. The van der Waals surface area contributed by atoms with Gasteiger partial charge in [-0.3, -0.25) is 4.79 Å². The normalized spacial score (nSPS) is 16.7. The van der Waals surface area contributed by atoms with Crippen molar-refractivity contribution in [3.63, 3.8) is 0 Å². The monoisotopic (exact) mass is 382 g/mol. The first-order chi connectivity index (χ1) is 12.3. The lowest BCUT2D eigenvalue weighted by Gasteiger charge is -2.25. The average molecular weight is 382 g/mol. The summed E-state index contributed by atoms with van der Waals surface area (Å²) in [5.74, 6) is -1.02. The number of hydrogen-bond donors (Lipinski definition) is 1. The van der Waals surface area contributed by atoms with Crippen molar-refractivity contribution in [3.05, 3.63) is 29.8 Å². The number of piperidine rings is 1. The first kappa shape index (κ1) is 20.4. The number of nitrogens with one attached hydrogen (secondary N) is 1. The molecule has 0 saturated carbocycles. The highest BCUT2D eigenvalue weighted by atomic mass is 32.2. The van der Waals surface area contributed by atoms with Crippen molar-refractivity contribution in [1.82, 2.24) is 9.62 Å². The van der Waals surface area contributed by atoms with E-state index in [4.69, 9.17) is 4.74 Å². The van der Waals surface area contributed by atoms with E-state index in [0.717, 1.165) is 25.7 Å². The van der Waals surface area contributed by atoms with Crippen LogP contribution >= 0.6 is 0 Å². The molecule has 2 rings (SSSR count). The lowest BCUT2D eigenvalue weighted by Crippen LogP contribution is -2.35. The number of sulfonamides is 1. The molecule has 0 spiro atoms. The molecule has 1 heterocycles. The van der Waals surface area contributed by atoms with Crippen LogP contribution in [0.15, 0.2) is 29.2 Å². The fourth-order valence-electron chi connectivity index (χ4n) is 2.65. The molecule has 1 aromatic rings. The fraction of sp³-hybridized carbons (Fsp3) is 0.556. The Labute approximate surface area is 154 Å². The minimum Gasteiger partial charge on any atom is -0.452 e. The molecule has 1 aromatic carbocycles. The number of carbonyl (C=O) groups excluding carboxylic acids is 2. The summed E-state index contributed by atoms with van der Waals surface area (Å²) >= 11 is 0. The number of benzene rings is 1. The standard InChI is InChI=1S/C18H26N2O5S/c1-3-14(2)19-17(21)13-25-18(22)15-7-9-16(10-8-15)26(23,24)20-11-5-4-6-12-20/h7-10,14H,3-6,11-13H2,1-2H3,(H,19,21)/t14-/m0/s1. The number of nitrogens with zero attached hydrogens (tertiary/aromatic N) is 1. The van der Waals surface area contributed by atoms with Crippen LogP contribution in [0.2, 0.25) is 0 Å². The summed E-state index contributed by atoms with van der Waals surface area (Å²) in [5.41, 5.74) is 0.207. The summed E-state index contributed by atoms with van der Waals surface area (Å²) in [4.78, 5) is 23.8. The SMILES string of the molecule is CC[C@H](C)NC(=O)COC(=O)c1ccc(S(=O)(=O)N2CCCCC2)cc1. The molecule has 1 saturated heterocycles. The maximum atomic E-state index is 12.6. The predicted octanol–water partition coefficient (Wildman–Crippen LogP) is 1.93. The third-order valence-corrected chi connectivity index (χ3v) is 6.31. The van der Waals surface area contributed by atoms with Gasteiger partial charge in [0.25, 0.3) is 5.91 Å². The summed E-state index contributed by atoms with van der Waals surface area (Å²) in [5, 5.41) is 2.70. The molecule has 1 fully saturated rings. The Balaban J connectivity index is 1.96. The van der Waals surface area contributed by atoms with Crippen molar-refractivity contribution in [3.8, 4) is 0 Å². The van der Waals surface area contributed by atoms with Crippen LogP contribution in [0.25, 0.3) is 0 Å².